The highest BCUT2D eigenvalue weighted by atomic mass is 79.9. The molecule has 0 fully saturated rings. The first kappa shape index (κ1) is 19.6. The molecule has 0 amide bonds. The number of halogens is 3. The van der Waals surface area contributed by atoms with Crippen LogP contribution in [0.25, 0.3) is 0 Å². The topological polar surface area (TPSA) is 34.1 Å². The highest BCUT2D eigenvalue weighted by Gasteiger charge is 2.42. The summed E-state index contributed by atoms with van der Waals surface area (Å²) in [6.07, 6.45) is 0.198. The van der Waals surface area contributed by atoms with Crippen molar-refractivity contribution in [3.63, 3.8) is 0 Å². The van der Waals surface area contributed by atoms with Crippen molar-refractivity contribution in [1.29, 1.82) is 0 Å². The van der Waals surface area contributed by atoms with E-state index in [9.17, 15) is 4.39 Å². The van der Waals surface area contributed by atoms with Crippen molar-refractivity contribution in [2.45, 2.75) is 18.7 Å². The third-order valence-electron chi connectivity index (χ3n) is 5.37. The van der Waals surface area contributed by atoms with Crippen LogP contribution in [0.2, 0.25) is 0 Å². The zero-order valence-corrected chi connectivity index (χ0v) is 19.2. The van der Waals surface area contributed by atoms with Crippen LogP contribution in [0.3, 0.4) is 0 Å². The molecular formula is C23H17Br2FN2O2. The van der Waals surface area contributed by atoms with Crippen molar-refractivity contribution in [3.8, 4) is 11.5 Å². The molecule has 0 saturated heterocycles. The fourth-order valence-corrected chi connectivity index (χ4v) is 5.30. The van der Waals surface area contributed by atoms with E-state index < -0.39 is 6.23 Å². The lowest BCUT2D eigenvalue weighted by Gasteiger charge is -2.38. The number of hydrogen-bond acceptors (Lipinski definition) is 4. The lowest BCUT2D eigenvalue weighted by Crippen LogP contribution is -2.34. The van der Waals surface area contributed by atoms with Gasteiger partial charge in [0.2, 0.25) is 6.23 Å². The van der Waals surface area contributed by atoms with E-state index in [1.165, 1.54) is 12.1 Å². The fraction of sp³-hybridized carbons (Fsp3) is 0.174. The Morgan fingerprint density at radius 1 is 1.10 bits per heavy atom. The molecule has 0 aromatic heterocycles. The van der Waals surface area contributed by atoms with Gasteiger partial charge in [-0.25, -0.2) is 9.40 Å². The van der Waals surface area contributed by atoms with Crippen LogP contribution >= 0.6 is 31.9 Å². The predicted molar refractivity (Wildman–Crippen MR) is 120 cm³/mol. The second-order valence-corrected chi connectivity index (χ2v) is 8.98. The van der Waals surface area contributed by atoms with Crippen molar-refractivity contribution >= 4 is 37.6 Å². The van der Waals surface area contributed by atoms with E-state index in [1.54, 1.807) is 13.2 Å². The Morgan fingerprint density at radius 3 is 2.63 bits per heavy atom. The Bertz CT molecular complexity index is 1150. The molecule has 0 aliphatic carbocycles. The number of nitrogens with zero attached hydrogens (tertiary/aromatic N) is 2. The van der Waals surface area contributed by atoms with Crippen LogP contribution in [-0.4, -0.2) is 17.8 Å². The van der Waals surface area contributed by atoms with Crippen molar-refractivity contribution in [2.75, 3.05) is 7.11 Å². The summed E-state index contributed by atoms with van der Waals surface area (Å²) in [7, 11) is 1.65. The lowest BCUT2D eigenvalue weighted by molar-refractivity contribution is -0.0199. The summed E-state index contributed by atoms with van der Waals surface area (Å²) in [5, 5.41) is 6.85. The highest BCUT2D eigenvalue weighted by molar-refractivity contribution is 9.11. The van der Waals surface area contributed by atoms with Crippen LogP contribution in [-0.2, 0) is 0 Å². The molecule has 0 radical (unpaired) electrons. The molecule has 0 spiro atoms. The van der Waals surface area contributed by atoms with Crippen molar-refractivity contribution in [1.82, 2.24) is 5.01 Å². The zero-order chi connectivity index (χ0) is 20.8. The van der Waals surface area contributed by atoms with Gasteiger partial charge in [0.15, 0.2) is 0 Å². The van der Waals surface area contributed by atoms with E-state index in [0.717, 1.165) is 49.3 Å². The average molecular weight is 532 g/mol. The molecule has 2 atom stereocenters. The number of hydrogen-bond donors (Lipinski definition) is 0. The Kier molecular flexibility index (Phi) is 5.03. The fourth-order valence-electron chi connectivity index (χ4n) is 3.95. The predicted octanol–water partition coefficient (Wildman–Crippen LogP) is 6.60. The summed E-state index contributed by atoms with van der Waals surface area (Å²) >= 11 is 7.20. The number of fused-ring (bicyclic) bond motifs is 3. The molecule has 30 heavy (non-hydrogen) atoms. The molecule has 5 rings (SSSR count). The first-order chi connectivity index (χ1) is 14.5. The number of methoxy groups -OCH3 is 1. The number of rotatable bonds is 3. The van der Waals surface area contributed by atoms with Gasteiger partial charge in [0.05, 0.1) is 23.3 Å². The van der Waals surface area contributed by atoms with Crippen LogP contribution in [0.1, 0.15) is 35.4 Å². The molecule has 0 N–H and O–H groups in total. The third kappa shape index (κ3) is 3.40. The van der Waals surface area contributed by atoms with Gasteiger partial charge in [0.1, 0.15) is 17.3 Å². The van der Waals surface area contributed by atoms with E-state index in [2.05, 4.69) is 37.9 Å². The monoisotopic (exact) mass is 530 g/mol. The second-order valence-electron chi connectivity index (χ2n) is 7.21. The first-order valence-electron chi connectivity index (χ1n) is 9.45. The van der Waals surface area contributed by atoms with E-state index in [0.29, 0.717) is 0 Å². The summed E-state index contributed by atoms with van der Waals surface area (Å²) in [6, 6.07) is 18.4. The molecule has 4 nitrogen and oxygen atoms in total. The van der Waals surface area contributed by atoms with Crippen LogP contribution in [0.15, 0.2) is 74.7 Å². The van der Waals surface area contributed by atoms with Gasteiger partial charge in [-0.15, -0.1) is 0 Å². The minimum atomic E-state index is -0.522. The Labute approximate surface area is 190 Å². The average Bonchev–Trinajstić information content (AvgIpc) is 3.19. The summed E-state index contributed by atoms with van der Waals surface area (Å²) in [4.78, 5) is 0. The Hall–Kier alpha value is -2.38. The number of hydrazone groups is 1. The van der Waals surface area contributed by atoms with Gasteiger partial charge in [-0.05, 0) is 70.0 Å². The van der Waals surface area contributed by atoms with Gasteiger partial charge in [0.25, 0.3) is 0 Å². The molecule has 2 heterocycles. The SMILES string of the molecule is COc1ccc(C2=NN3[C@@H](C2)c2cc(Br)cc(Br)c2O[C@H]3c2cccc(F)c2)cc1. The van der Waals surface area contributed by atoms with Gasteiger partial charge in [0, 0.05) is 22.0 Å². The quantitative estimate of drug-likeness (QED) is 0.381. The molecule has 7 heteroatoms. The first-order valence-corrected chi connectivity index (χ1v) is 11.0. The minimum absolute atomic E-state index is 0.0204. The Balaban J connectivity index is 1.61. The van der Waals surface area contributed by atoms with Gasteiger partial charge < -0.3 is 9.47 Å². The molecule has 2 aliphatic heterocycles. The molecular weight excluding hydrogens is 515 g/mol. The summed E-state index contributed by atoms with van der Waals surface area (Å²) in [5.74, 6) is 1.26. The molecule has 3 aromatic carbocycles. The van der Waals surface area contributed by atoms with Crippen LogP contribution in [0.5, 0.6) is 11.5 Å². The van der Waals surface area contributed by atoms with Gasteiger partial charge in [-0.1, -0.05) is 28.1 Å². The molecule has 0 saturated carbocycles. The molecule has 3 aromatic rings. The third-order valence-corrected chi connectivity index (χ3v) is 6.41. The van der Waals surface area contributed by atoms with Crippen molar-refractivity contribution < 1.29 is 13.9 Å². The summed E-state index contributed by atoms with van der Waals surface area (Å²) in [6.45, 7) is 0. The maximum atomic E-state index is 14.0. The highest BCUT2D eigenvalue weighted by Crippen LogP contribution is 2.50. The minimum Gasteiger partial charge on any atom is -0.497 e. The zero-order valence-electron chi connectivity index (χ0n) is 16.0. The van der Waals surface area contributed by atoms with Crippen LogP contribution < -0.4 is 9.47 Å². The van der Waals surface area contributed by atoms with E-state index in [-0.39, 0.29) is 11.9 Å². The largest absolute Gasteiger partial charge is 0.497 e. The van der Waals surface area contributed by atoms with Gasteiger partial charge in [-0.2, -0.15) is 5.10 Å². The Morgan fingerprint density at radius 2 is 1.90 bits per heavy atom. The van der Waals surface area contributed by atoms with Crippen molar-refractivity contribution in [2.24, 2.45) is 5.10 Å². The molecule has 152 valence electrons. The lowest BCUT2D eigenvalue weighted by atomic mass is 9.96. The molecule has 2 aliphatic rings. The molecule has 0 unspecified atom stereocenters. The summed E-state index contributed by atoms with van der Waals surface area (Å²) < 4.78 is 27.4. The van der Waals surface area contributed by atoms with Gasteiger partial charge >= 0.3 is 0 Å². The van der Waals surface area contributed by atoms with E-state index >= 15 is 0 Å². The normalized spacial score (nSPS) is 19.6. The summed E-state index contributed by atoms with van der Waals surface area (Å²) in [5.41, 5.74) is 3.74. The second kappa shape index (κ2) is 7.71. The smallest absolute Gasteiger partial charge is 0.214 e. The molecule has 0 bridgehead atoms. The van der Waals surface area contributed by atoms with Gasteiger partial charge in [-0.3, -0.25) is 0 Å². The standard InChI is InChI=1S/C23H17Br2FN2O2/c1-29-17-7-5-13(6-8-17)20-12-21-18-10-15(24)11-19(25)22(18)30-23(28(21)27-20)14-3-2-4-16(26)9-14/h2-11,21,23H,12H2,1H3/t21-,23-/m0/s1. The maximum Gasteiger partial charge on any atom is 0.214 e. The number of ether oxygens (including phenoxy) is 2. The van der Waals surface area contributed by atoms with E-state index in [4.69, 9.17) is 14.6 Å². The number of benzene rings is 3. The van der Waals surface area contributed by atoms with Crippen molar-refractivity contribution in [3.05, 3.63) is 92.1 Å². The van der Waals surface area contributed by atoms with Crippen LogP contribution in [0.4, 0.5) is 4.39 Å². The van der Waals surface area contributed by atoms with Crippen LogP contribution in [0, 0.1) is 5.82 Å². The maximum absolute atomic E-state index is 14.0. The van der Waals surface area contributed by atoms with E-state index in [1.807, 2.05) is 41.4 Å².